The van der Waals surface area contributed by atoms with Crippen molar-refractivity contribution >= 4 is 5.78 Å². The lowest BCUT2D eigenvalue weighted by atomic mass is 9.76. The highest BCUT2D eigenvalue weighted by molar-refractivity contribution is 5.84. The van der Waals surface area contributed by atoms with Crippen molar-refractivity contribution in [3.63, 3.8) is 0 Å². The van der Waals surface area contributed by atoms with Gasteiger partial charge in [0.2, 0.25) is 0 Å². The lowest BCUT2D eigenvalue weighted by Gasteiger charge is -2.47. The average Bonchev–Trinajstić information content (AvgIpc) is 3.42. The molecule has 0 aromatic heterocycles. The quantitative estimate of drug-likeness (QED) is 0.0611. The second-order valence-corrected chi connectivity index (χ2v) is 14.1. The lowest BCUT2D eigenvalue weighted by molar-refractivity contribution is -0.299. The highest BCUT2D eigenvalue weighted by Gasteiger charge is 2.55. The first-order chi connectivity index (χ1) is 25.0. The molecular weight excluding hydrogens is 720 g/mol. The summed E-state index contributed by atoms with van der Waals surface area (Å²) in [7, 11) is 0. The van der Waals surface area contributed by atoms with Gasteiger partial charge in [0.05, 0.1) is 43.6 Å². The summed E-state index contributed by atoms with van der Waals surface area (Å²) in [6.07, 6.45) is -23.9. The van der Waals surface area contributed by atoms with Crippen molar-refractivity contribution in [3.05, 3.63) is 0 Å². The van der Waals surface area contributed by atoms with Crippen LogP contribution < -0.4 is 28.3 Å². The van der Waals surface area contributed by atoms with Crippen LogP contribution in [0.5, 0.6) is 0 Å². The molecule has 1 saturated carbocycles. The predicted molar refractivity (Wildman–Crippen MR) is 174 cm³/mol. The first-order valence-electron chi connectivity index (χ1n) is 17.8. The highest BCUT2D eigenvalue weighted by atomic mass is 19.3. The number of nitrogens with one attached hydrogen (secondary N) is 1. The molecule has 0 bridgehead atoms. The molecule has 0 aromatic carbocycles. The van der Waals surface area contributed by atoms with Crippen LogP contribution in [0.2, 0.25) is 0 Å². The van der Waals surface area contributed by atoms with Crippen LogP contribution in [0.25, 0.3) is 0 Å². The molecule has 3 aliphatic heterocycles. The largest absolute Gasteiger partial charge is 0.395 e. The number of ether oxygens (including phenoxy) is 6. The first-order valence-corrected chi connectivity index (χ1v) is 17.8. The molecule has 1 aliphatic carbocycles. The summed E-state index contributed by atoms with van der Waals surface area (Å²) in [5, 5.41) is 86.4. The number of carbonyl (C=O) groups excluding carboxylic acids is 1. The summed E-state index contributed by atoms with van der Waals surface area (Å²) in [6, 6.07) is -3.36. The Morgan fingerprint density at radius 3 is 2.08 bits per heavy atom. The molecule has 4 aliphatic rings. The Labute approximate surface area is 304 Å². The molecule has 0 spiro atoms. The minimum atomic E-state index is -3.74. The van der Waals surface area contributed by atoms with Crippen LogP contribution in [0.3, 0.4) is 0 Å². The molecule has 53 heavy (non-hydrogen) atoms. The Hall–Kier alpha value is -1.23. The van der Waals surface area contributed by atoms with E-state index in [1.54, 1.807) is 0 Å². The van der Waals surface area contributed by atoms with Gasteiger partial charge in [0, 0.05) is 38.5 Å². The molecule has 3 heterocycles. The number of ketones is 1. The summed E-state index contributed by atoms with van der Waals surface area (Å²) in [4.78, 5) is 12.8. The Kier molecular flexibility index (Phi) is 16.2. The van der Waals surface area contributed by atoms with Crippen LogP contribution >= 0.6 is 0 Å². The minimum absolute atomic E-state index is 0.0105. The monoisotopic (exact) mass is 777 g/mol. The molecule has 22 heteroatoms. The zero-order valence-corrected chi connectivity index (χ0v) is 29.3. The highest BCUT2D eigenvalue weighted by Crippen LogP contribution is 2.38. The molecule has 0 amide bonds. The number of hydrogen-bond donors (Lipinski definition) is 13. The van der Waals surface area contributed by atoms with Gasteiger partial charge in [-0.1, -0.05) is 6.92 Å². The third-order valence-electron chi connectivity index (χ3n) is 10.3. The number of nitrogens with two attached hydrogens (primary N) is 4. The van der Waals surface area contributed by atoms with Crippen LogP contribution in [0.4, 0.5) is 8.78 Å². The van der Waals surface area contributed by atoms with E-state index in [0.29, 0.717) is 0 Å². The van der Waals surface area contributed by atoms with E-state index in [-0.39, 0.29) is 39.1 Å². The van der Waals surface area contributed by atoms with Gasteiger partial charge in [-0.25, -0.2) is 8.78 Å². The van der Waals surface area contributed by atoms with Gasteiger partial charge in [-0.05, 0) is 18.8 Å². The van der Waals surface area contributed by atoms with E-state index >= 15 is 0 Å². The standard InChI is InChI=1S/C31H57F2N5O15/c1-2-31(32,33)27(47)15(42)6-11-5-12(35)24(51-28-13(36)7-14(41)17(49-28)9-38-3-4-39)26(20(11)43)53-30-23(46)25(18(10-40)50-30)52-29-19(37)22(45)21(44)16(8-34)48-29/h11-14,16-30,38-41,43-47H,2-10,34-37H2,1H3/t11-,12-,13+,14-,16-,17+,18+,19+,20-,21+,22+,23+,24+,25+,26+,27+,28+,29+,30-/m0/s1. The van der Waals surface area contributed by atoms with Gasteiger partial charge in [0.25, 0.3) is 5.92 Å². The maximum atomic E-state index is 14.2. The van der Waals surface area contributed by atoms with Crippen molar-refractivity contribution in [2.24, 2.45) is 28.9 Å². The molecule has 20 nitrogen and oxygen atoms in total. The zero-order chi connectivity index (χ0) is 39.4. The smallest absolute Gasteiger partial charge is 0.280 e. The van der Waals surface area contributed by atoms with Gasteiger partial charge in [-0.3, -0.25) is 4.79 Å². The fourth-order valence-corrected chi connectivity index (χ4v) is 7.08. The van der Waals surface area contributed by atoms with Crippen molar-refractivity contribution in [2.75, 3.05) is 32.8 Å². The molecule has 4 fully saturated rings. The van der Waals surface area contributed by atoms with Crippen LogP contribution in [-0.4, -0.2) is 196 Å². The fraction of sp³-hybridized carbons (Fsp3) is 0.968. The van der Waals surface area contributed by atoms with E-state index in [9.17, 15) is 49.3 Å². The number of aliphatic hydroxyl groups excluding tert-OH is 8. The van der Waals surface area contributed by atoms with Crippen molar-refractivity contribution in [2.45, 2.75) is 149 Å². The molecule has 0 aromatic rings. The molecule has 0 unspecified atom stereocenters. The summed E-state index contributed by atoms with van der Waals surface area (Å²) in [5.74, 6) is -6.16. The van der Waals surface area contributed by atoms with Crippen molar-refractivity contribution in [1.82, 2.24) is 5.32 Å². The van der Waals surface area contributed by atoms with Gasteiger partial charge in [0.15, 0.2) is 30.8 Å². The molecule has 310 valence electrons. The predicted octanol–water partition coefficient (Wildman–Crippen LogP) is -6.59. The molecule has 3 saturated heterocycles. The van der Waals surface area contributed by atoms with E-state index < -0.39 is 147 Å². The second-order valence-electron chi connectivity index (χ2n) is 14.1. The van der Waals surface area contributed by atoms with Crippen LogP contribution in [-0.2, 0) is 33.2 Å². The fourth-order valence-electron chi connectivity index (χ4n) is 7.08. The van der Waals surface area contributed by atoms with Crippen molar-refractivity contribution in [1.29, 1.82) is 0 Å². The van der Waals surface area contributed by atoms with Gasteiger partial charge < -0.3 is 97.5 Å². The topological polar surface area (TPSA) is 350 Å². The van der Waals surface area contributed by atoms with Crippen LogP contribution in [0.15, 0.2) is 0 Å². The van der Waals surface area contributed by atoms with Gasteiger partial charge >= 0.3 is 0 Å². The van der Waals surface area contributed by atoms with Gasteiger partial charge in [0.1, 0.15) is 48.8 Å². The van der Waals surface area contributed by atoms with Crippen molar-refractivity contribution < 1.29 is 82.8 Å². The van der Waals surface area contributed by atoms with E-state index in [1.165, 1.54) is 0 Å². The lowest BCUT2D eigenvalue weighted by Crippen LogP contribution is -2.64. The zero-order valence-electron chi connectivity index (χ0n) is 29.3. The Morgan fingerprint density at radius 2 is 1.45 bits per heavy atom. The Morgan fingerprint density at radius 1 is 0.830 bits per heavy atom. The third-order valence-corrected chi connectivity index (χ3v) is 10.3. The Balaban J connectivity index is 1.57. The average molecular weight is 778 g/mol. The van der Waals surface area contributed by atoms with Crippen LogP contribution in [0.1, 0.15) is 32.6 Å². The summed E-state index contributed by atoms with van der Waals surface area (Å²) < 4.78 is 63.8. The SMILES string of the molecule is CCC(F)(F)[C@H](O)C(=O)C[C@@H]1C[C@H](N)[C@@H](O[C@H]2O[C@H](CNCCO)[C@@H](O)C[C@H]2N)[C@H](O[C@@H]2O[C@H](CO)[C@@H](O[C@H]3O[C@@H](CN)[C@@H](O)[C@H](O)[C@H]3N)[C@H]2O)[C@H]1O. The van der Waals surface area contributed by atoms with E-state index in [0.717, 1.165) is 6.92 Å². The summed E-state index contributed by atoms with van der Waals surface area (Å²) in [6.45, 7) is 0.250. The molecule has 17 N–H and O–H groups in total. The number of aliphatic hydroxyl groups is 8. The summed E-state index contributed by atoms with van der Waals surface area (Å²) in [5.41, 5.74) is 24.4. The number of hydrogen-bond acceptors (Lipinski definition) is 20. The van der Waals surface area contributed by atoms with Crippen molar-refractivity contribution in [3.8, 4) is 0 Å². The summed E-state index contributed by atoms with van der Waals surface area (Å²) >= 11 is 0. The van der Waals surface area contributed by atoms with Crippen LogP contribution in [0, 0.1) is 5.92 Å². The first kappa shape index (κ1) is 44.5. The van der Waals surface area contributed by atoms with Gasteiger partial charge in [-0.15, -0.1) is 0 Å². The van der Waals surface area contributed by atoms with Gasteiger partial charge in [-0.2, -0.15) is 0 Å². The molecule has 0 radical (unpaired) electrons. The van der Waals surface area contributed by atoms with E-state index in [4.69, 9.17) is 56.5 Å². The molecule has 4 rings (SSSR count). The molecular formula is C31H57F2N5O15. The molecule has 19 atom stereocenters. The number of Topliss-reactive ketones (excluding diaryl/α,β-unsaturated/α-hetero) is 1. The number of halogens is 2. The number of carbonyl (C=O) groups is 1. The third kappa shape index (κ3) is 10.2. The van der Waals surface area contributed by atoms with E-state index in [2.05, 4.69) is 5.32 Å². The maximum absolute atomic E-state index is 14.2. The number of alkyl halides is 2. The maximum Gasteiger partial charge on any atom is 0.280 e. The van der Waals surface area contributed by atoms with E-state index in [1.807, 2.05) is 0 Å². The number of rotatable bonds is 17. The minimum Gasteiger partial charge on any atom is -0.395 e. The Bertz CT molecular complexity index is 1160. The normalized spacial score (nSPS) is 44.6. The second kappa shape index (κ2) is 19.3.